The molecular formula is C15H24N2OS. The van der Waals surface area contributed by atoms with Gasteiger partial charge in [-0.1, -0.05) is 25.6 Å². The monoisotopic (exact) mass is 280 g/mol. The Kier molecular flexibility index (Phi) is 4.61. The number of hydrogen-bond acceptors (Lipinski definition) is 4. The second kappa shape index (κ2) is 6.04. The van der Waals surface area contributed by atoms with Crippen LogP contribution in [0.2, 0.25) is 0 Å². The number of nitrogens with zero attached hydrogens (tertiary/aromatic N) is 1. The van der Waals surface area contributed by atoms with Gasteiger partial charge < -0.3 is 9.73 Å². The summed E-state index contributed by atoms with van der Waals surface area (Å²) in [5.74, 6) is 3.79. The lowest BCUT2D eigenvalue weighted by Gasteiger charge is -2.13. The maximum atomic E-state index is 5.59. The molecule has 1 N–H and O–H groups in total. The fraction of sp³-hybridized carbons (Fsp3) is 0.667. The highest BCUT2D eigenvalue weighted by molar-refractivity contribution is 8.14. The van der Waals surface area contributed by atoms with Crippen molar-refractivity contribution < 1.29 is 4.42 Å². The molecule has 0 aliphatic carbocycles. The molecule has 0 spiro atoms. The zero-order chi connectivity index (χ0) is 14.0. The molecule has 0 radical (unpaired) electrons. The van der Waals surface area contributed by atoms with Crippen LogP contribution in [0, 0.1) is 19.8 Å². The molecule has 2 atom stereocenters. The Bertz CT molecular complexity index is 465. The Labute approximate surface area is 120 Å². The van der Waals surface area contributed by atoms with Crippen LogP contribution in [0.5, 0.6) is 0 Å². The molecule has 0 saturated heterocycles. The first kappa shape index (κ1) is 14.5. The molecule has 106 valence electrons. The van der Waals surface area contributed by atoms with Crippen molar-refractivity contribution in [1.29, 1.82) is 0 Å². The topological polar surface area (TPSA) is 37.5 Å². The number of nitrogens with one attached hydrogen (secondary N) is 1. The number of rotatable bonds is 4. The molecule has 0 fully saturated rings. The van der Waals surface area contributed by atoms with Crippen LogP contribution >= 0.6 is 11.8 Å². The van der Waals surface area contributed by atoms with Crippen molar-refractivity contribution in [1.82, 2.24) is 5.32 Å². The fourth-order valence-corrected chi connectivity index (χ4v) is 3.55. The summed E-state index contributed by atoms with van der Waals surface area (Å²) < 4.78 is 5.59. The van der Waals surface area contributed by atoms with Gasteiger partial charge in [-0.3, -0.25) is 4.99 Å². The van der Waals surface area contributed by atoms with E-state index in [0.717, 1.165) is 22.4 Å². The third-order valence-electron chi connectivity index (χ3n) is 3.34. The summed E-state index contributed by atoms with van der Waals surface area (Å²) in [5, 5.41) is 4.59. The van der Waals surface area contributed by atoms with Crippen molar-refractivity contribution in [3.05, 3.63) is 23.2 Å². The van der Waals surface area contributed by atoms with Gasteiger partial charge in [0.25, 0.3) is 0 Å². The van der Waals surface area contributed by atoms with Gasteiger partial charge in [-0.15, -0.1) is 0 Å². The third-order valence-corrected chi connectivity index (χ3v) is 4.39. The first-order valence-electron chi connectivity index (χ1n) is 6.99. The number of amidine groups is 1. The van der Waals surface area contributed by atoms with Crippen LogP contribution in [-0.2, 0) is 0 Å². The lowest BCUT2D eigenvalue weighted by molar-refractivity contribution is 0.497. The summed E-state index contributed by atoms with van der Waals surface area (Å²) in [5.41, 5.74) is 1.23. The molecule has 2 heterocycles. The predicted octanol–water partition coefficient (Wildman–Crippen LogP) is 4.06. The van der Waals surface area contributed by atoms with E-state index in [1.165, 1.54) is 12.0 Å². The smallest absolute Gasteiger partial charge is 0.157 e. The molecule has 3 nitrogen and oxygen atoms in total. The van der Waals surface area contributed by atoms with E-state index in [4.69, 9.17) is 9.41 Å². The van der Waals surface area contributed by atoms with E-state index in [1.807, 2.05) is 25.6 Å². The highest BCUT2D eigenvalue weighted by Gasteiger charge is 2.21. The van der Waals surface area contributed by atoms with Crippen molar-refractivity contribution in [2.75, 3.05) is 5.75 Å². The molecule has 0 bridgehead atoms. The summed E-state index contributed by atoms with van der Waals surface area (Å²) in [7, 11) is 0. The van der Waals surface area contributed by atoms with Crippen molar-refractivity contribution in [2.24, 2.45) is 10.9 Å². The minimum atomic E-state index is 0.251. The van der Waals surface area contributed by atoms with Crippen LogP contribution in [0.1, 0.15) is 50.3 Å². The Balaban J connectivity index is 1.96. The van der Waals surface area contributed by atoms with Crippen LogP contribution in [0.3, 0.4) is 0 Å². The van der Waals surface area contributed by atoms with E-state index in [1.54, 1.807) is 0 Å². The van der Waals surface area contributed by atoms with E-state index in [-0.39, 0.29) is 6.04 Å². The lowest BCUT2D eigenvalue weighted by Crippen LogP contribution is -2.23. The van der Waals surface area contributed by atoms with Gasteiger partial charge in [-0.2, -0.15) is 0 Å². The summed E-state index contributed by atoms with van der Waals surface area (Å²) in [4.78, 5) is 4.77. The van der Waals surface area contributed by atoms with Gasteiger partial charge in [-0.25, -0.2) is 0 Å². The molecule has 0 amide bonds. The molecule has 2 unspecified atom stereocenters. The number of thioether (sulfide) groups is 1. The highest BCUT2D eigenvalue weighted by atomic mass is 32.2. The van der Waals surface area contributed by atoms with Gasteiger partial charge in [0.15, 0.2) is 5.17 Å². The summed E-state index contributed by atoms with van der Waals surface area (Å²) in [6.45, 7) is 10.7. The van der Waals surface area contributed by atoms with Gasteiger partial charge in [0, 0.05) is 11.3 Å². The highest BCUT2D eigenvalue weighted by Crippen LogP contribution is 2.26. The minimum Gasteiger partial charge on any atom is -0.466 e. The molecule has 19 heavy (non-hydrogen) atoms. The van der Waals surface area contributed by atoms with Gasteiger partial charge in [0.2, 0.25) is 0 Å². The Morgan fingerprint density at radius 2 is 2.16 bits per heavy atom. The largest absolute Gasteiger partial charge is 0.466 e. The molecule has 0 aromatic carbocycles. The fourth-order valence-electron chi connectivity index (χ4n) is 2.50. The van der Waals surface area contributed by atoms with E-state index < -0.39 is 0 Å². The molecule has 1 aromatic rings. The minimum absolute atomic E-state index is 0.251. The second-order valence-corrected chi connectivity index (χ2v) is 6.77. The average molecular weight is 280 g/mol. The zero-order valence-electron chi connectivity index (χ0n) is 12.5. The normalized spacial score (nSPS) is 20.7. The molecule has 1 aliphatic rings. The van der Waals surface area contributed by atoms with Gasteiger partial charge >= 0.3 is 0 Å². The Hall–Kier alpha value is -0.900. The maximum Gasteiger partial charge on any atom is 0.157 e. The van der Waals surface area contributed by atoms with Crippen LogP contribution in [-0.4, -0.2) is 17.0 Å². The first-order chi connectivity index (χ1) is 8.95. The number of aliphatic imine (C=N–C) groups is 1. The lowest BCUT2D eigenvalue weighted by atomic mass is 10.1. The number of furan rings is 1. The first-order valence-corrected chi connectivity index (χ1v) is 7.98. The maximum absolute atomic E-state index is 5.59. The summed E-state index contributed by atoms with van der Waals surface area (Å²) in [6.07, 6.45) is 1.18. The molecule has 2 rings (SSSR count). The molecule has 0 saturated carbocycles. The van der Waals surface area contributed by atoms with E-state index in [0.29, 0.717) is 12.0 Å². The number of hydrogen-bond donors (Lipinski definition) is 1. The van der Waals surface area contributed by atoms with Crippen LogP contribution < -0.4 is 5.32 Å². The van der Waals surface area contributed by atoms with Crippen molar-refractivity contribution in [2.45, 2.75) is 53.1 Å². The standard InChI is InChI=1S/C15H24N2OS/c1-9(2)6-13-8-19-15(17-13)16-11(4)14-7-10(3)18-12(14)5/h7,9,11,13H,6,8H2,1-5H3,(H,16,17). The van der Waals surface area contributed by atoms with Crippen molar-refractivity contribution >= 4 is 16.9 Å². The van der Waals surface area contributed by atoms with Crippen molar-refractivity contribution in [3.63, 3.8) is 0 Å². The predicted molar refractivity (Wildman–Crippen MR) is 82.9 cm³/mol. The van der Waals surface area contributed by atoms with Gasteiger partial charge in [-0.05, 0) is 39.2 Å². The Morgan fingerprint density at radius 3 is 2.74 bits per heavy atom. The quantitative estimate of drug-likeness (QED) is 0.903. The summed E-state index contributed by atoms with van der Waals surface area (Å²) in [6, 6.07) is 2.84. The molecule has 1 aromatic heterocycles. The van der Waals surface area contributed by atoms with E-state index in [9.17, 15) is 0 Å². The van der Waals surface area contributed by atoms with Crippen LogP contribution in [0.4, 0.5) is 0 Å². The van der Waals surface area contributed by atoms with Crippen LogP contribution in [0.25, 0.3) is 0 Å². The Morgan fingerprint density at radius 1 is 1.42 bits per heavy atom. The average Bonchev–Trinajstić information content (AvgIpc) is 2.84. The summed E-state index contributed by atoms with van der Waals surface area (Å²) >= 11 is 1.84. The molecule has 1 aliphatic heterocycles. The van der Waals surface area contributed by atoms with Gasteiger partial charge in [0.1, 0.15) is 11.5 Å². The van der Waals surface area contributed by atoms with Gasteiger partial charge in [0.05, 0.1) is 12.1 Å². The zero-order valence-corrected chi connectivity index (χ0v) is 13.3. The second-order valence-electron chi connectivity index (χ2n) is 5.76. The van der Waals surface area contributed by atoms with E-state index >= 15 is 0 Å². The van der Waals surface area contributed by atoms with E-state index in [2.05, 4.69) is 32.2 Å². The molecular weight excluding hydrogens is 256 g/mol. The molecule has 4 heteroatoms. The van der Waals surface area contributed by atoms with Crippen molar-refractivity contribution in [3.8, 4) is 0 Å². The third kappa shape index (κ3) is 3.78. The van der Waals surface area contributed by atoms with Crippen LogP contribution in [0.15, 0.2) is 15.5 Å². The SMILES string of the molecule is Cc1cc(C(C)NC2=NC(CC(C)C)CS2)c(C)o1. The number of aryl methyl sites for hydroxylation is 2.